The molecule has 0 aliphatic rings. The summed E-state index contributed by atoms with van der Waals surface area (Å²) < 4.78 is 20.1. The van der Waals surface area contributed by atoms with Gasteiger partial charge >= 0.3 is 0 Å². The Morgan fingerprint density at radius 1 is 0.900 bits per heavy atom. The summed E-state index contributed by atoms with van der Waals surface area (Å²) in [6.07, 6.45) is 12.6. The van der Waals surface area contributed by atoms with E-state index in [9.17, 15) is 9.35 Å². The zero-order valence-corrected chi connectivity index (χ0v) is 19.3. The van der Waals surface area contributed by atoms with Crippen LogP contribution >= 0.6 is 22.4 Å². The average Bonchev–Trinajstić information content (AvgIpc) is 2.76. The van der Waals surface area contributed by atoms with Gasteiger partial charge in [-0.15, -0.1) is 0 Å². The van der Waals surface area contributed by atoms with Gasteiger partial charge in [-0.1, -0.05) is 88.4 Å². The number of ether oxygens (including phenoxy) is 1. The number of unbranched alkanes of at least 4 members (excludes halogenated alkanes) is 9. The molecule has 162 valence electrons. The molecule has 30 heavy (non-hydrogen) atoms. The van der Waals surface area contributed by atoms with Crippen LogP contribution in [0.3, 0.4) is 0 Å². The standard InChI is InChI=1S/C25H31ClO3S/c1-2-3-4-5-6-7-8-9-10-13-18-29-21-17-16-20(26)23-24(27)19-14-11-12-15-22(19)30(28)25(21)23/h11-12,14-17H,2-10,13,18H2,1H3. The fourth-order valence-electron chi connectivity index (χ4n) is 3.88. The van der Waals surface area contributed by atoms with Crippen molar-refractivity contribution in [3.8, 4) is 5.75 Å². The van der Waals surface area contributed by atoms with Crippen molar-refractivity contribution >= 4 is 42.5 Å². The van der Waals surface area contributed by atoms with Gasteiger partial charge in [0.25, 0.3) is 0 Å². The maximum absolute atomic E-state index is 13.1. The molecule has 0 spiro atoms. The van der Waals surface area contributed by atoms with E-state index in [4.69, 9.17) is 16.3 Å². The molecule has 2 aromatic carbocycles. The first-order valence-electron chi connectivity index (χ1n) is 11.2. The monoisotopic (exact) mass is 446 g/mol. The van der Waals surface area contributed by atoms with E-state index in [1.165, 1.54) is 51.4 Å². The first-order valence-corrected chi connectivity index (χ1v) is 12.7. The zero-order valence-electron chi connectivity index (χ0n) is 17.8. The third-order valence-electron chi connectivity index (χ3n) is 5.57. The fourth-order valence-corrected chi connectivity index (χ4v) is 5.66. The number of fused-ring (bicyclic) bond motifs is 2. The number of halogens is 1. The van der Waals surface area contributed by atoms with E-state index in [1.807, 2.05) is 0 Å². The summed E-state index contributed by atoms with van der Waals surface area (Å²) >= 11 is 6.30. The van der Waals surface area contributed by atoms with Crippen LogP contribution in [0, 0.1) is 0 Å². The summed E-state index contributed by atoms with van der Waals surface area (Å²) in [4.78, 5) is 12.9. The molecule has 3 nitrogen and oxygen atoms in total. The molecule has 0 bridgehead atoms. The molecule has 0 radical (unpaired) electrons. The van der Waals surface area contributed by atoms with Crippen molar-refractivity contribution in [3.05, 3.63) is 51.6 Å². The van der Waals surface area contributed by atoms with Gasteiger partial charge in [0.2, 0.25) is 10.1 Å². The van der Waals surface area contributed by atoms with Crippen molar-refractivity contribution in [3.63, 3.8) is 0 Å². The van der Waals surface area contributed by atoms with Crippen molar-refractivity contribution in [2.45, 2.75) is 71.1 Å². The van der Waals surface area contributed by atoms with Crippen molar-refractivity contribution in [1.82, 2.24) is 0 Å². The van der Waals surface area contributed by atoms with E-state index >= 15 is 0 Å². The van der Waals surface area contributed by atoms with Gasteiger partial charge in [-0.25, -0.2) is 0 Å². The van der Waals surface area contributed by atoms with Gasteiger partial charge < -0.3 is 9.29 Å². The Kier molecular flexibility index (Phi) is 8.98. The van der Waals surface area contributed by atoms with Crippen molar-refractivity contribution < 1.29 is 9.29 Å². The maximum atomic E-state index is 13.1. The second-order valence-electron chi connectivity index (χ2n) is 7.87. The lowest BCUT2D eigenvalue weighted by Crippen LogP contribution is -2.05. The third-order valence-corrected chi connectivity index (χ3v) is 7.42. The number of benzene rings is 2. The topological polar surface area (TPSA) is 49.4 Å². The highest BCUT2D eigenvalue weighted by atomic mass is 35.5. The molecule has 3 aromatic rings. The van der Waals surface area contributed by atoms with Crippen molar-refractivity contribution in [1.29, 1.82) is 0 Å². The van der Waals surface area contributed by atoms with Gasteiger partial charge in [0.05, 0.1) is 17.0 Å². The number of rotatable bonds is 12. The molecule has 0 saturated heterocycles. The van der Waals surface area contributed by atoms with Crippen molar-refractivity contribution in [2.75, 3.05) is 6.61 Å². The molecule has 3 rings (SSSR count). The molecular weight excluding hydrogens is 416 g/mol. The van der Waals surface area contributed by atoms with Crippen molar-refractivity contribution in [2.24, 2.45) is 0 Å². The molecule has 1 atom stereocenters. The average molecular weight is 447 g/mol. The van der Waals surface area contributed by atoms with E-state index in [1.54, 1.807) is 36.4 Å². The van der Waals surface area contributed by atoms with Gasteiger partial charge in [-0.2, -0.15) is 0 Å². The molecular formula is C25H31ClO3S. The minimum absolute atomic E-state index is 0.186. The SMILES string of the molecule is CCCCCCCCCCCCOc1ccc(Cl)c2c(=O)c3ccccc3[s+]([O-])c12. The maximum Gasteiger partial charge on any atom is 0.227 e. The zero-order chi connectivity index (χ0) is 21.3. The van der Waals surface area contributed by atoms with Gasteiger partial charge in [0, 0.05) is 0 Å². The molecule has 0 aliphatic carbocycles. The molecule has 0 amide bonds. The minimum atomic E-state index is -1.48. The Hall–Kier alpha value is -1.62. The summed E-state index contributed by atoms with van der Waals surface area (Å²) in [7, 11) is -1.48. The summed E-state index contributed by atoms with van der Waals surface area (Å²) in [5.74, 6) is 0.506. The molecule has 1 heterocycles. The van der Waals surface area contributed by atoms with Crippen LogP contribution in [0.5, 0.6) is 5.75 Å². The summed E-state index contributed by atoms with van der Waals surface area (Å²) in [5, 5.41) is 1.09. The molecule has 5 heteroatoms. The van der Waals surface area contributed by atoms with Gasteiger partial charge in [-0.05, 0) is 41.4 Å². The summed E-state index contributed by atoms with van der Waals surface area (Å²) in [6, 6.07) is 10.4. The molecule has 1 aromatic heterocycles. The predicted octanol–water partition coefficient (Wildman–Crippen LogP) is 8.03. The minimum Gasteiger partial charge on any atom is -0.590 e. The summed E-state index contributed by atoms with van der Waals surface area (Å²) in [5.41, 5.74) is -0.186. The molecule has 0 N–H and O–H groups in total. The van der Waals surface area contributed by atoms with E-state index in [-0.39, 0.29) is 5.43 Å². The predicted molar refractivity (Wildman–Crippen MR) is 129 cm³/mol. The Balaban J connectivity index is 1.58. The van der Waals surface area contributed by atoms with E-state index in [2.05, 4.69) is 6.92 Å². The lowest BCUT2D eigenvalue weighted by molar-refractivity contribution is 0.308. The number of hydrogen-bond donors (Lipinski definition) is 0. The van der Waals surface area contributed by atoms with Gasteiger partial charge in [-0.3, -0.25) is 4.79 Å². The van der Waals surface area contributed by atoms with E-state index in [0.29, 0.717) is 37.6 Å². The second kappa shape index (κ2) is 11.7. The molecule has 0 aliphatic heterocycles. The first kappa shape index (κ1) is 23.1. The van der Waals surface area contributed by atoms with Crippen LogP contribution in [-0.2, 0) is 0 Å². The second-order valence-corrected chi connectivity index (χ2v) is 9.67. The largest absolute Gasteiger partial charge is 0.590 e. The number of hydrogen-bond acceptors (Lipinski definition) is 3. The Morgan fingerprint density at radius 3 is 2.23 bits per heavy atom. The Bertz CT molecular complexity index is 1030. The lowest BCUT2D eigenvalue weighted by Gasteiger charge is -2.11. The van der Waals surface area contributed by atoms with Crippen LogP contribution in [0.15, 0.2) is 41.2 Å². The normalized spacial score (nSPS) is 12.0. The molecule has 1 unspecified atom stereocenters. The van der Waals surface area contributed by atoms with Gasteiger partial charge in [0.1, 0.15) is 5.39 Å². The highest BCUT2D eigenvalue weighted by Crippen LogP contribution is 2.41. The van der Waals surface area contributed by atoms with E-state index < -0.39 is 10.8 Å². The summed E-state index contributed by atoms with van der Waals surface area (Å²) in [6.45, 7) is 2.80. The lowest BCUT2D eigenvalue weighted by atomic mass is 10.1. The molecule has 0 saturated carbocycles. The fraction of sp³-hybridized carbons (Fsp3) is 0.480. The Labute approximate surface area is 186 Å². The Morgan fingerprint density at radius 2 is 1.53 bits per heavy atom. The van der Waals surface area contributed by atoms with Crippen LogP contribution in [0.4, 0.5) is 0 Å². The third kappa shape index (κ3) is 5.54. The van der Waals surface area contributed by atoms with Gasteiger partial charge in [0.15, 0.2) is 10.4 Å². The van der Waals surface area contributed by atoms with E-state index in [0.717, 1.165) is 12.8 Å². The quantitative estimate of drug-likeness (QED) is 0.161. The van der Waals surface area contributed by atoms with Crippen LogP contribution in [0.2, 0.25) is 5.02 Å². The van der Waals surface area contributed by atoms with Crippen LogP contribution < -0.4 is 10.2 Å². The highest BCUT2D eigenvalue weighted by Gasteiger charge is 2.21. The van der Waals surface area contributed by atoms with Crippen LogP contribution in [-0.4, -0.2) is 11.2 Å². The highest BCUT2D eigenvalue weighted by molar-refractivity contribution is 7.37. The first-order chi connectivity index (χ1) is 14.6. The molecule has 0 fully saturated rings. The van der Waals surface area contributed by atoms with Crippen LogP contribution in [0.1, 0.15) is 71.1 Å². The smallest absolute Gasteiger partial charge is 0.227 e. The van der Waals surface area contributed by atoms with Crippen LogP contribution in [0.25, 0.3) is 20.2 Å².